The predicted octanol–water partition coefficient (Wildman–Crippen LogP) is 6.03. The number of carbonyl (C=O) groups excluding carboxylic acids is 3. The Morgan fingerprint density at radius 2 is 1.16 bits per heavy atom. The van der Waals surface area contributed by atoms with Crippen LogP contribution in [0.3, 0.4) is 0 Å². The summed E-state index contributed by atoms with van der Waals surface area (Å²) in [6.45, 7) is 3.83. The predicted molar refractivity (Wildman–Crippen MR) is 178 cm³/mol. The fourth-order valence-corrected chi connectivity index (χ4v) is 13.0. The first kappa shape index (κ1) is 32.1. The fourth-order valence-electron chi connectivity index (χ4n) is 5.27. The Balaban J connectivity index is 1.67. The van der Waals surface area contributed by atoms with E-state index in [1.807, 2.05) is 30.3 Å². The van der Waals surface area contributed by atoms with Gasteiger partial charge in [0.1, 0.15) is 0 Å². The Morgan fingerprint density at radius 1 is 0.698 bits per heavy atom. The fraction of sp³-hybridized carbons (Fsp3) is 0.229. The van der Waals surface area contributed by atoms with Gasteiger partial charge in [-0.3, -0.25) is 0 Å². The summed E-state index contributed by atoms with van der Waals surface area (Å²) in [5.74, 6) is -1.43. The summed E-state index contributed by atoms with van der Waals surface area (Å²) in [7, 11) is 0. The van der Waals surface area contributed by atoms with Crippen LogP contribution in [0.5, 0.6) is 0 Å². The van der Waals surface area contributed by atoms with Crippen molar-refractivity contribution in [3.8, 4) is 0 Å². The number of ether oxygens (including phenoxy) is 2. The average Bonchev–Trinajstić information content (AvgIpc) is 3.05. The number of carbonyl (C=O) groups is 3. The van der Waals surface area contributed by atoms with E-state index in [9.17, 15) is 14.4 Å². The van der Waals surface area contributed by atoms with Gasteiger partial charge in [-0.1, -0.05) is 0 Å². The molecule has 1 N–H and O–H groups in total. The van der Waals surface area contributed by atoms with Gasteiger partial charge in [0.25, 0.3) is 0 Å². The van der Waals surface area contributed by atoms with Gasteiger partial charge < -0.3 is 0 Å². The number of benzene rings is 4. The van der Waals surface area contributed by atoms with E-state index >= 15 is 0 Å². The molecule has 0 radical (unpaired) electrons. The molecule has 0 aromatic heterocycles. The summed E-state index contributed by atoms with van der Waals surface area (Å²) in [5.41, 5.74) is 1.45. The van der Waals surface area contributed by atoms with E-state index in [0.717, 1.165) is 5.56 Å². The zero-order chi connectivity index (χ0) is 30.7. The molecule has 0 saturated heterocycles. The summed E-state index contributed by atoms with van der Waals surface area (Å²) >= 11 is 4.47. The van der Waals surface area contributed by atoms with Crippen LogP contribution in [0, 0.1) is 0 Å². The molecule has 1 atom stereocenters. The van der Waals surface area contributed by atoms with Crippen molar-refractivity contribution in [1.82, 2.24) is 5.32 Å². The van der Waals surface area contributed by atoms with E-state index in [0.29, 0.717) is 11.7 Å². The molecule has 4 aromatic carbocycles. The molecule has 224 valence electrons. The molecule has 1 amide bonds. The summed E-state index contributed by atoms with van der Waals surface area (Å²) in [6, 6.07) is 38.1. The van der Waals surface area contributed by atoms with Gasteiger partial charge in [-0.15, -0.1) is 0 Å². The standard InChI is InChI=1S/C35H37BrNO5P/c1-3-41-33(38)25-24-32(35(40)42-4-2)37-34(39)28-22-20-27(21-23-28)26-43(36,29-14-8-5-9-15-29,30-16-10-6-11-17-30)31-18-12-7-13-19-31/h5-23,32H,3-4,24-26H2,1-2H3,(H,37,39). The molecule has 6 nitrogen and oxygen atoms in total. The van der Waals surface area contributed by atoms with Gasteiger partial charge in [0.2, 0.25) is 0 Å². The minimum absolute atomic E-state index is 0.00657. The van der Waals surface area contributed by atoms with Crippen molar-refractivity contribution in [2.75, 3.05) is 13.2 Å². The second-order valence-corrected chi connectivity index (χ2v) is 19.1. The first-order chi connectivity index (χ1) is 20.8. The number of hydrogen-bond acceptors (Lipinski definition) is 5. The van der Waals surface area contributed by atoms with Crippen LogP contribution in [0.4, 0.5) is 0 Å². The molecule has 0 heterocycles. The van der Waals surface area contributed by atoms with Crippen LogP contribution in [0.2, 0.25) is 0 Å². The van der Waals surface area contributed by atoms with Gasteiger partial charge in [0.05, 0.1) is 6.61 Å². The molecule has 0 bridgehead atoms. The molecule has 1 unspecified atom stereocenters. The number of esters is 2. The molecule has 0 saturated carbocycles. The molecule has 0 aliphatic carbocycles. The van der Waals surface area contributed by atoms with Gasteiger partial charge in [-0.25, -0.2) is 0 Å². The topological polar surface area (TPSA) is 81.7 Å². The summed E-state index contributed by atoms with van der Waals surface area (Å²) < 4.78 is 10.1. The van der Waals surface area contributed by atoms with E-state index < -0.39 is 29.2 Å². The Hall–Kier alpha value is -3.80. The van der Waals surface area contributed by atoms with E-state index in [-0.39, 0.29) is 26.1 Å². The van der Waals surface area contributed by atoms with Crippen molar-refractivity contribution >= 4 is 54.6 Å². The second-order valence-electron chi connectivity index (χ2n) is 10.2. The van der Waals surface area contributed by atoms with Gasteiger partial charge in [-0.05, 0) is 6.92 Å². The van der Waals surface area contributed by atoms with E-state index in [1.165, 1.54) is 15.9 Å². The molecule has 0 fully saturated rings. The van der Waals surface area contributed by atoms with Gasteiger partial charge in [-0.2, -0.15) is 0 Å². The maximum atomic E-state index is 13.2. The maximum absolute atomic E-state index is 13.2. The Bertz CT molecular complexity index is 1420. The van der Waals surface area contributed by atoms with E-state index in [4.69, 9.17) is 9.47 Å². The molecular weight excluding hydrogens is 625 g/mol. The average molecular weight is 663 g/mol. The SMILES string of the molecule is CCOC(=O)CCC(NC(=O)c1ccc(CP(Br)(c2ccccc2)(c2ccccc2)c2ccccc2)cc1)C(=O)OCC. The number of nitrogens with one attached hydrogen (secondary N) is 1. The van der Waals surface area contributed by atoms with Crippen molar-refractivity contribution in [1.29, 1.82) is 0 Å². The molecular formula is C35H37BrNO5P. The number of hydrogen-bond donors (Lipinski definition) is 1. The van der Waals surface area contributed by atoms with Gasteiger partial charge in [0.15, 0.2) is 0 Å². The zero-order valence-electron chi connectivity index (χ0n) is 24.4. The third-order valence-corrected chi connectivity index (χ3v) is 16.9. The normalized spacial score (nSPS) is 12.8. The Labute approximate surface area is 261 Å². The zero-order valence-corrected chi connectivity index (χ0v) is 26.9. The molecule has 0 spiro atoms. The molecule has 4 rings (SSSR count). The third kappa shape index (κ3) is 7.23. The summed E-state index contributed by atoms with van der Waals surface area (Å²) in [6.07, 6.45) is 0.759. The van der Waals surface area contributed by atoms with Crippen LogP contribution in [0.15, 0.2) is 115 Å². The molecule has 0 aliphatic heterocycles. The summed E-state index contributed by atoms with van der Waals surface area (Å²) in [4.78, 5) is 37.6. The third-order valence-electron chi connectivity index (χ3n) is 7.40. The van der Waals surface area contributed by atoms with Crippen LogP contribution >= 0.6 is 20.8 Å². The van der Waals surface area contributed by atoms with Crippen molar-refractivity contribution in [3.05, 3.63) is 126 Å². The van der Waals surface area contributed by atoms with Crippen LogP contribution in [-0.4, -0.2) is 37.1 Å². The van der Waals surface area contributed by atoms with Crippen molar-refractivity contribution in [2.45, 2.75) is 38.9 Å². The summed E-state index contributed by atoms with van der Waals surface area (Å²) in [5, 5.41) is 3.14. The number of amides is 1. The molecule has 8 heteroatoms. The van der Waals surface area contributed by atoms with Gasteiger partial charge >= 0.3 is 249 Å². The number of halogens is 1. The van der Waals surface area contributed by atoms with Crippen molar-refractivity contribution < 1.29 is 23.9 Å². The van der Waals surface area contributed by atoms with E-state index in [1.54, 1.807) is 26.0 Å². The molecule has 4 aromatic rings. The van der Waals surface area contributed by atoms with E-state index in [2.05, 4.69) is 93.6 Å². The monoisotopic (exact) mass is 661 g/mol. The quantitative estimate of drug-likeness (QED) is 0.140. The Kier molecular flexibility index (Phi) is 10.9. The van der Waals surface area contributed by atoms with Gasteiger partial charge in [0, 0.05) is 0 Å². The number of rotatable bonds is 13. The first-order valence-corrected chi connectivity index (χ1v) is 18.9. The van der Waals surface area contributed by atoms with Crippen LogP contribution < -0.4 is 21.2 Å². The minimum atomic E-state index is -3.20. The van der Waals surface area contributed by atoms with Crippen molar-refractivity contribution in [3.63, 3.8) is 0 Å². The molecule has 43 heavy (non-hydrogen) atoms. The van der Waals surface area contributed by atoms with Crippen LogP contribution in [0.1, 0.15) is 42.6 Å². The Morgan fingerprint density at radius 3 is 1.60 bits per heavy atom. The first-order valence-electron chi connectivity index (χ1n) is 14.4. The van der Waals surface area contributed by atoms with Crippen LogP contribution in [-0.2, 0) is 25.2 Å². The second kappa shape index (κ2) is 14.6. The van der Waals surface area contributed by atoms with Crippen LogP contribution in [0.25, 0.3) is 0 Å². The van der Waals surface area contributed by atoms with Crippen molar-refractivity contribution in [2.24, 2.45) is 0 Å². The molecule has 0 aliphatic rings.